The van der Waals surface area contributed by atoms with Crippen LogP contribution in [-0.2, 0) is 15.1 Å². The Bertz CT molecular complexity index is 2270. The quantitative estimate of drug-likeness (QED) is 0.0668. The minimum Gasteiger partial charge on any atom is -0.496 e. The Balaban J connectivity index is 1.03. The van der Waals surface area contributed by atoms with E-state index in [4.69, 9.17) is 21.1 Å². The fourth-order valence-electron chi connectivity index (χ4n) is 5.86. The Kier molecular flexibility index (Phi) is 12.4. The van der Waals surface area contributed by atoms with Gasteiger partial charge in [0.2, 0.25) is 11.9 Å². The lowest BCUT2D eigenvalue weighted by atomic mass is 9.93. The van der Waals surface area contributed by atoms with E-state index in [1.807, 2.05) is 56.3 Å². The molecule has 1 aliphatic rings. The summed E-state index contributed by atoms with van der Waals surface area (Å²) in [6.07, 6.45) is -3.15. The van der Waals surface area contributed by atoms with Gasteiger partial charge in [-0.2, -0.15) is 28.1 Å². The lowest BCUT2D eigenvalue weighted by molar-refractivity contribution is -0.154. The fraction of sp³-hybridized carbons (Fsp3) is 0.268. The highest BCUT2D eigenvalue weighted by molar-refractivity contribution is 6.40. The molecule has 5 N–H and O–H groups in total. The van der Waals surface area contributed by atoms with E-state index in [9.17, 15) is 27.6 Å². The third kappa shape index (κ3) is 10.9. The Morgan fingerprint density at radius 2 is 1.41 bits per heavy atom. The van der Waals surface area contributed by atoms with Gasteiger partial charge in [-0.1, -0.05) is 74.0 Å². The minimum absolute atomic E-state index is 0.00647. The van der Waals surface area contributed by atoms with Crippen molar-refractivity contribution in [2.75, 3.05) is 42.8 Å². The van der Waals surface area contributed by atoms with Gasteiger partial charge in [0, 0.05) is 46.2 Å². The average Bonchev–Trinajstić information content (AvgIpc) is 3.99. The number of aromatic nitrogens is 3. The monoisotopic (exact) mass is 816 g/mol. The van der Waals surface area contributed by atoms with Gasteiger partial charge < -0.3 is 36.1 Å². The molecule has 1 fully saturated rings. The number of halogens is 4. The summed E-state index contributed by atoms with van der Waals surface area (Å²) in [4.78, 5) is 51.2. The second-order valence-corrected chi connectivity index (χ2v) is 14.8. The summed E-state index contributed by atoms with van der Waals surface area (Å²) >= 11 is 6.05. The molecule has 58 heavy (non-hydrogen) atoms. The van der Waals surface area contributed by atoms with Crippen molar-refractivity contribution >= 4 is 52.6 Å². The number of methoxy groups -OCH3 is 1. The number of hydrogen-bond donors (Lipinski definition) is 5. The summed E-state index contributed by atoms with van der Waals surface area (Å²) in [5.74, 6) is -1.56. The summed E-state index contributed by atoms with van der Waals surface area (Å²) in [5.41, 5.74) is 2.35. The molecule has 0 unspecified atom stereocenters. The number of para-hydroxylation sites is 2. The van der Waals surface area contributed by atoms with Gasteiger partial charge in [-0.15, -0.1) is 0 Å². The molecule has 302 valence electrons. The zero-order valence-electron chi connectivity index (χ0n) is 31.7. The summed E-state index contributed by atoms with van der Waals surface area (Å²) in [6.45, 7) is 2.28. The Labute approximate surface area is 337 Å². The third-order valence-corrected chi connectivity index (χ3v) is 9.37. The highest BCUT2D eigenvalue weighted by atomic mass is 35.5. The van der Waals surface area contributed by atoms with Crippen molar-refractivity contribution < 1.29 is 37.0 Å². The van der Waals surface area contributed by atoms with E-state index >= 15 is 0 Å². The fourth-order valence-corrected chi connectivity index (χ4v) is 5.99. The first kappa shape index (κ1) is 41.2. The van der Waals surface area contributed by atoms with Crippen molar-refractivity contribution in [3.05, 3.63) is 113 Å². The number of hydrogen-bond acceptors (Lipinski definition) is 10. The molecule has 1 saturated carbocycles. The van der Waals surface area contributed by atoms with Crippen LogP contribution in [0, 0.1) is 5.41 Å². The van der Waals surface area contributed by atoms with Crippen LogP contribution in [0.2, 0.25) is 5.02 Å². The number of amides is 3. The number of ether oxygens (including phenoxy) is 2. The first-order valence-corrected chi connectivity index (χ1v) is 18.5. The maximum atomic E-state index is 13.1. The highest BCUT2D eigenvalue weighted by Gasteiger charge is 2.45. The molecule has 17 heteroatoms. The van der Waals surface area contributed by atoms with Gasteiger partial charge in [0.25, 0.3) is 5.91 Å². The van der Waals surface area contributed by atoms with Crippen molar-refractivity contribution in [2.45, 2.75) is 38.4 Å². The number of anilines is 4. The SMILES string of the molecule is COc1ccccc1-c1ccccc1NC(=O)C(=O)NCC(C)(C)CNC(=O)c1ccc(Nc2nc(NC3(c4ccc(Cl)cc4)CC3)nc(OCC(F)(F)F)n2)cc1. The van der Waals surface area contributed by atoms with Gasteiger partial charge in [0.1, 0.15) is 5.75 Å². The summed E-state index contributed by atoms with van der Waals surface area (Å²) in [6, 6.07) is 27.3. The first-order valence-electron chi connectivity index (χ1n) is 18.1. The van der Waals surface area contributed by atoms with Gasteiger partial charge >= 0.3 is 24.0 Å². The molecule has 5 aromatic rings. The van der Waals surface area contributed by atoms with Crippen molar-refractivity contribution in [3.63, 3.8) is 0 Å². The van der Waals surface area contributed by atoms with Crippen LogP contribution >= 0.6 is 11.6 Å². The Morgan fingerprint density at radius 1 is 0.776 bits per heavy atom. The predicted molar refractivity (Wildman–Crippen MR) is 213 cm³/mol. The van der Waals surface area contributed by atoms with Gasteiger partial charge in [0.15, 0.2) is 6.61 Å². The van der Waals surface area contributed by atoms with E-state index in [0.717, 1.165) is 24.0 Å². The van der Waals surface area contributed by atoms with E-state index in [1.165, 1.54) is 0 Å². The molecule has 6 rings (SSSR count). The number of benzene rings is 4. The van der Waals surface area contributed by atoms with E-state index in [1.54, 1.807) is 61.7 Å². The molecule has 0 saturated heterocycles. The molecule has 4 aromatic carbocycles. The van der Waals surface area contributed by atoms with Gasteiger partial charge in [-0.25, -0.2) is 0 Å². The van der Waals surface area contributed by atoms with Crippen LogP contribution in [0.1, 0.15) is 42.6 Å². The topological polar surface area (TPSA) is 168 Å². The van der Waals surface area contributed by atoms with Crippen LogP contribution in [-0.4, -0.2) is 65.7 Å². The zero-order chi connectivity index (χ0) is 41.5. The van der Waals surface area contributed by atoms with Crippen molar-refractivity contribution in [1.29, 1.82) is 0 Å². The molecule has 1 heterocycles. The van der Waals surface area contributed by atoms with Crippen LogP contribution in [0.15, 0.2) is 97.1 Å². The van der Waals surface area contributed by atoms with E-state index in [0.29, 0.717) is 33.3 Å². The molecule has 0 aliphatic heterocycles. The molecule has 0 radical (unpaired) electrons. The lowest BCUT2D eigenvalue weighted by Gasteiger charge is -2.25. The molecule has 1 aromatic heterocycles. The van der Waals surface area contributed by atoms with E-state index < -0.39 is 47.5 Å². The van der Waals surface area contributed by atoms with Crippen LogP contribution in [0.4, 0.5) is 36.4 Å². The Morgan fingerprint density at radius 3 is 2.09 bits per heavy atom. The third-order valence-electron chi connectivity index (χ3n) is 9.11. The van der Waals surface area contributed by atoms with Crippen molar-refractivity contribution in [1.82, 2.24) is 25.6 Å². The molecule has 0 atom stereocenters. The van der Waals surface area contributed by atoms with Crippen LogP contribution in [0.5, 0.6) is 11.8 Å². The molecule has 3 amide bonds. The van der Waals surface area contributed by atoms with E-state index in [-0.39, 0.29) is 25.0 Å². The molecular weight excluding hydrogens is 777 g/mol. The highest BCUT2D eigenvalue weighted by Crippen LogP contribution is 2.48. The predicted octanol–water partition coefficient (Wildman–Crippen LogP) is 7.50. The van der Waals surface area contributed by atoms with Crippen molar-refractivity contribution in [2.24, 2.45) is 5.41 Å². The lowest BCUT2D eigenvalue weighted by Crippen LogP contribution is -2.45. The normalized spacial score (nSPS) is 13.2. The number of alkyl halides is 3. The smallest absolute Gasteiger partial charge is 0.422 e. The van der Waals surface area contributed by atoms with Crippen molar-refractivity contribution in [3.8, 4) is 22.9 Å². The van der Waals surface area contributed by atoms with Gasteiger partial charge in [-0.3, -0.25) is 14.4 Å². The number of nitrogens with zero attached hydrogens (tertiary/aromatic N) is 3. The van der Waals surface area contributed by atoms with Gasteiger partial charge in [0.05, 0.1) is 12.6 Å². The molecule has 0 bridgehead atoms. The summed E-state index contributed by atoms with van der Waals surface area (Å²) in [5, 5.41) is 14.9. The second kappa shape index (κ2) is 17.4. The molecule has 0 spiro atoms. The minimum atomic E-state index is -4.61. The molecule has 13 nitrogen and oxygen atoms in total. The van der Waals surface area contributed by atoms with Crippen LogP contribution < -0.4 is 36.1 Å². The van der Waals surface area contributed by atoms with Crippen LogP contribution in [0.25, 0.3) is 11.1 Å². The maximum Gasteiger partial charge on any atom is 0.422 e. The summed E-state index contributed by atoms with van der Waals surface area (Å²) < 4.78 is 49.3. The Hall–Kier alpha value is -6.42. The number of nitrogens with one attached hydrogen (secondary N) is 5. The second-order valence-electron chi connectivity index (χ2n) is 14.3. The molecule has 1 aliphatic carbocycles. The van der Waals surface area contributed by atoms with Gasteiger partial charge in [-0.05, 0) is 72.4 Å². The largest absolute Gasteiger partial charge is 0.496 e. The standard InChI is InChI=1S/C41H40ClF3N8O5/c1-39(2,23-47-34(55)35(56)49-31-10-6-4-8-29(31)30-9-5-7-11-32(30)57-3)22-46-33(54)25-12-18-28(19-13-25)48-36-50-37(52-38(51-36)58-24-41(43,44)45)53-40(20-21-40)26-14-16-27(42)17-15-26/h4-19H,20-24H2,1-3H3,(H,46,54)(H,47,55)(H,49,56)(H2,48,50,51,52,53). The van der Waals surface area contributed by atoms with Crippen LogP contribution in [0.3, 0.4) is 0 Å². The first-order chi connectivity index (χ1) is 27.6. The number of carbonyl (C=O) groups is 3. The average molecular weight is 817 g/mol. The summed E-state index contributed by atoms with van der Waals surface area (Å²) in [7, 11) is 1.55. The zero-order valence-corrected chi connectivity index (χ0v) is 32.4. The maximum absolute atomic E-state index is 13.1. The number of rotatable bonds is 15. The van der Waals surface area contributed by atoms with E-state index in [2.05, 4.69) is 41.5 Å². The molecular formula is C41H40ClF3N8O5. The number of carbonyl (C=O) groups excluding carboxylic acids is 3.